The summed E-state index contributed by atoms with van der Waals surface area (Å²) in [6.45, 7) is 6.73. The van der Waals surface area contributed by atoms with Gasteiger partial charge in [0.2, 0.25) is 0 Å². The van der Waals surface area contributed by atoms with Crippen molar-refractivity contribution in [3.63, 3.8) is 0 Å². The summed E-state index contributed by atoms with van der Waals surface area (Å²) in [5, 5.41) is 10.9. The van der Waals surface area contributed by atoms with E-state index in [4.69, 9.17) is 0 Å². The molecule has 120 valence electrons. The van der Waals surface area contributed by atoms with E-state index in [1.54, 1.807) is 12.1 Å². The summed E-state index contributed by atoms with van der Waals surface area (Å²) in [5.74, 6) is 0.319. The molecule has 0 radical (unpaired) electrons. The molecule has 0 amide bonds. The van der Waals surface area contributed by atoms with E-state index in [1.165, 1.54) is 27.6 Å². The molecule has 0 aliphatic carbocycles. The van der Waals surface area contributed by atoms with Gasteiger partial charge in [-0.25, -0.2) is 0 Å². The minimum atomic E-state index is -0.0624. The average Bonchev–Trinajstić information content (AvgIpc) is 3.00. The van der Waals surface area contributed by atoms with Crippen molar-refractivity contribution in [3.8, 4) is 5.75 Å². The van der Waals surface area contributed by atoms with Crippen LogP contribution in [-0.2, 0) is 11.8 Å². The fourth-order valence-corrected chi connectivity index (χ4v) is 3.73. The third kappa shape index (κ3) is 2.63. The Morgan fingerprint density at radius 1 is 1.04 bits per heavy atom. The van der Waals surface area contributed by atoms with Crippen LogP contribution in [0.5, 0.6) is 5.75 Å². The molecule has 23 heavy (non-hydrogen) atoms. The highest BCUT2D eigenvalue weighted by Gasteiger charge is 2.30. The molecule has 1 atom stereocenters. The largest absolute Gasteiger partial charge is 0.508 e. The predicted molar refractivity (Wildman–Crippen MR) is 97.1 cm³/mol. The number of aromatic amines is 1. The minimum Gasteiger partial charge on any atom is -0.508 e. The Morgan fingerprint density at radius 3 is 2.43 bits per heavy atom. The fourth-order valence-electron chi connectivity index (χ4n) is 3.73. The van der Waals surface area contributed by atoms with E-state index in [9.17, 15) is 5.11 Å². The van der Waals surface area contributed by atoms with Gasteiger partial charge in [-0.2, -0.15) is 0 Å². The van der Waals surface area contributed by atoms with E-state index < -0.39 is 0 Å². The average molecular weight is 307 g/mol. The quantitative estimate of drug-likeness (QED) is 0.637. The Hall–Kier alpha value is -2.22. The normalized spacial score (nSPS) is 14.0. The van der Waals surface area contributed by atoms with Gasteiger partial charge in [0.25, 0.3) is 0 Å². The molecular weight excluding hydrogens is 282 g/mol. The van der Waals surface area contributed by atoms with Crippen LogP contribution in [0.25, 0.3) is 10.9 Å². The van der Waals surface area contributed by atoms with E-state index >= 15 is 0 Å². The number of aromatic hydroxyl groups is 1. The monoisotopic (exact) mass is 307 g/mol. The van der Waals surface area contributed by atoms with Crippen molar-refractivity contribution in [1.82, 2.24) is 4.98 Å². The highest BCUT2D eigenvalue weighted by Crippen LogP contribution is 2.41. The second-order valence-corrected chi connectivity index (χ2v) is 6.52. The van der Waals surface area contributed by atoms with E-state index in [2.05, 4.69) is 50.2 Å². The summed E-state index contributed by atoms with van der Waals surface area (Å²) in [6, 6.07) is 14.2. The molecule has 0 aliphatic rings. The SMILES string of the molecule is CCCC(C)(c1ccc(O)cc1)c1c[nH]c2c(CC)cccc12. The van der Waals surface area contributed by atoms with Crippen LogP contribution in [0, 0.1) is 0 Å². The van der Waals surface area contributed by atoms with Gasteiger partial charge in [0, 0.05) is 22.5 Å². The lowest BCUT2D eigenvalue weighted by Gasteiger charge is -2.30. The first kappa shape index (κ1) is 15.7. The third-order valence-corrected chi connectivity index (χ3v) is 5.03. The molecule has 2 N–H and O–H groups in total. The number of nitrogens with one attached hydrogen (secondary N) is 1. The molecule has 0 saturated heterocycles. The number of hydrogen-bond donors (Lipinski definition) is 2. The first-order chi connectivity index (χ1) is 11.1. The molecule has 2 aromatic carbocycles. The van der Waals surface area contributed by atoms with Gasteiger partial charge in [-0.1, -0.05) is 57.5 Å². The molecule has 0 spiro atoms. The Kier molecular flexibility index (Phi) is 4.16. The van der Waals surface area contributed by atoms with Crippen LogP contribution in [0.4, 0.5) is 0 Å². The Balaban J connectivity index is 2.20. The van der Waals surface area contributed by atoms with Crippen LogP contribution in [0.3, 0.4) is 0 Å². The molecule has 0 aliphatic heterocycles. The summed E-state index contributed by atoms with van der Waals surface area (Å²) < 4.78 is 0. The first-order valence-electron chi connectivity index (χ1n) is 8.49. The molecular formula is C21H25NO. The topological polar surface area (TPSA) is 36.0 Å². The summed E-state index contributed by atoms with van der Waals surface area (Å²) in [7, 11) is 0. The van der Waals surface area contributed by atoms with Gasteiger partial charge < -0.3 is 10.1 Å². The zero-order chi connectivity index (χ0) is 16.4. The molecule has 1 aromatic heterocycles. The van der Waals surface area contributed by atoms with Crippen molar-refractivity contribution < 1.29 is 5.11 Å². The van der Waals surface area contributed by atoms with Gasteiger partial charge in [0.1, 0.15) is 5.75 Å². The molecule has 2 heteroatoms. The standard InChI is InChI=1S/C21H25NO/c1-4-13-21(3,16-9-11-17(23)12-10-16)19-14-22-20-15(5-2)7-6-8-18(19)20/h6-12,14,22-23H,4-5,13H2,1-3H3. The fraction of sp³-hybridized carbons (Fsp3) is 0.333. The Labute approximate surface area is 138 Å². The molecule has 0 bridgehead atoms. The zero-order valence-corrected chi connectivity index (χ0v) is 14.2. The molecule has 1 unspecified atom stereocenters. The van der Waals surface area contributed by atoms with Gasteiger partial charge in [0.05, 0.1) is 0 Å². The third-order valence-electron chi connectivity index (χ3n) is 5.03. The number of aromatic nitrogens is 1. The predicted octanol–water partition coefficient (Wildman–Crippen LogP) is 5.54. The van der Waals surface area contributed by atoms with Crippen LogP contribution in [0.1, 0.15) is 50.3 Å². The smallest absolute Gasteiger partial charge is 0.115 e. The van der Waals surface area contributed by atoms with Gasteiger partial charge in [-0.05, 0) is 41.7 Å². The molecule has 1 heterocycles. The number of para-hydroxylation sites is 1. The van der Waals surface area contributed by atoms with Gasteiger partial charge in [-0.15, -0.1) is 0 Å². The number of fused-ring (bicyclic) bond motifs is 1. The van der Waals surface area contributed by atoms with Crippen LogP contribution in [-0.4, -0.2) is 10.1 Å². The second-order valence-electron chi connectivity index (χ2n) is 6.52. The van der Waals surface area contributed by atoms with Crippen LogP contribution in [0.2, 0.25) is 0 Å². The Bertz CT molecular complexity index is 800. The van der Waals surface area contributed by atoms with Crippen molar-refractivity contribution in [2.24, 2.45) is 0 Å². The van der Waals surface area contributed by atoms with Gasteiger partial charge >= 0.3 is 0 Å². The number of phenolic OH excluding ortho intramolecular Hbond substituents is 1. The number of hydrogen-bond acceptors (Lipinski definition) is 1. The first-order valence-corrected chi connectivity index (χ1v) is 8.49. The number of rotatable bonds is 5. The maximum atomic E-state index is 9.62. The van der Waals surface area contributed by atoms with Crippen LogP contribution in [0.15, 0.2) is 48.7 Å². The summed E-state index contributed by atoms with van der Waals surface area (Å²) in [4.78, 5) is 3.50. The van der Waals surface area contributed by atoms with Crippen molar-refractivity contribution >= 4 is 10.9 Å². The minimum absolute atomic E-state index is 0.0624. The van der Waals surface area contributed by atoms with Crippen LogP contribution >= 0.6 is 0 Å². The maximum absolute atomic E-state index is 9.62. The number of phenols is 1. The zero-order valence-electron chi connectivity index (χ0n) is 14.2. The van der Waals surface area contributed by atoms with Crippen molar-refractivity contribution in [2.45, 2.75) is 45.4 Å². The number of benzene rings is 2. The molecule has 3 rings (SSSR count). The second kappa shape index (κ2) is 6.11. The summed E-state index contributed by atoms with van der Waals surface area (Å²) >= 11 is 0. The lowest BCUT2D eigenvalue weighted by molar-refractivity contribution is 0.472. The number of H-pyrrole nitrogens is 1. The van der Waals surface area contributed by atoms with E-state index in [0.717, 1.165) is 19.3 Å². The van der Waals surface area contributed by atoms with Crippen molar-refractivity contribution in [3.05, 3.63) is 65.4 Å². The van der Waals surface area contributed by atoms with Crippen molar-refractivity contribution in [2.75, 3.05) is 0 Å². The molecule has 0 saturated carbocycles. The highest BCUT2D eigenvalue weighted by atomic mass is 16.3. The number of aryl methyl sites for hydroxylation is 1. The highest BCUT2D eigenvalue weighted by molar-refractivity contribution is 5.87. The maximum Gasteiger partial charge on any atom is 0.115 e. The van der Waals surface area contributed by atoms with E-state index in [1.807, 2.05) is 12.1 Å². The van der Waals surface area contributed by atoms with E-state index in [-0.39, 0.29) is 5.41 Å². The molecule has 0 fully saturated rings. The van der Waals surface area contributed by atoms with Gasteiger partial charge in [-0.3, -0.25) is 0 Å². The molecule has 2 nitrogen and oxygen atoms in total. The van der Waals surface area contributed by atoms with E-state index in [0.29, 0.717) is 5.75 Å². The lowest BCUT2D eigenvalue weighted by Crippen LogP contribution is -2.23. The summed E-state index contributed by atoms with van der Waals surface area (Å²) in [5.41, 5.74) is 5.15. The summed E-state index contributed by atoms with van der Waals surface area (Å²) in [6.07, 6.45) is 5.38. The van der Waals surface area contributed by atoms with Crippen molar-refractivity contribution in [1.29, 1.82) is 0 Å². The van der Waals surface area contributed by atoms with Crippen LogP contribution < -0.4 is 0 Å². The molecule has 3 aromatic rings. The Morgan fingerprint density at radius 2 is 1.78 bits per heavy atom. The van der Waals surface area contributed by atoms with Gasteiger partial charge in [0.15, 0.2) is 0 Å². The lowest BCUT2D eigenvalue weighted by atomic mass is 9.73.